The average molecular weight is 305 g/mol. The van der Waals surface area contributed by atoms with Crippen molar-refractivity contribution in [1.29, 1.82) is 0 Å². The molecular formula is C18H31N3O. The molecule has 124 valence electrons. The van der Waals surface area contributed by atoms with Gasteiger partial charge in [0.25, 0.3) is 0 Å². The number of hydrogen-bond donors (Lipinski definition) is 2. The number of benzene rings is 1. The van der Waals surface area contributed by atoms with Crippen LogP contribution >= 0.6 is 0 Å². The van der Waals surface area contributed by atoms with Crippen LogP contribution in [0.2, 0.25) is 0 Å². The summed E-state index contributed by atoms with van der Waals surface area (Å²) < 4.78 is 5.76. The maximum atomic E-state index is 5.76. The van der Waals surface area contributed by atoms with E-state index in [4.69, 9.17) is 4.74 Å². The molecule has 0 aromatic heterocycles. The van der Waals surface area contributed by atoms with Crippen molar-refractivity contribution in [2.24, 2.45) is 10.9 Å². The average Bonchev–Trinajstić information content (AvgIpc) is 2.49. The molecule has 22 heavy (non-hydrogen) atoms. The van der Waals surface area contributed by atoms with Gasteiger partial charge in [-0.05, 0) is 31.7 Å². The molecule has 0 saturated carbocycles. The third-order valence-corrected chi connectivity index (χ3v) is 3.61. The Morgan fingerprint density at radius 3 is 2.64 bits per heavy atom. The highest BCUT2D eigenvalue weighted by atomic mass is 16.5. The molecule has 1 unspecified atom stereocenters. The monoisotopic (exact) mass is 305 g/mol. The van der Waals surface area contributed by atoms with Crippen LogP contribution in [-0.2, 0) is 11.3 Å². The number of nitrogens with zero attached hydrogens (tertiary/aromatic N) is 1. The van der Waals surface area contributed by atoms with Gasteiger partial charge in [0, 0.05) is 26.7 Å². The molecule has 2 N–H and O–H groups in total. The Hall–Kier alpha value is -1.55. The summed E-state index contributed by atoms with van der Waals surface area (Å²) in [6.07, 6.45) is 1.28. The molecule has 0 aliphatic carbocycles. The highest BCUT2D eigenvalue weighted by Gasteiger charge is 2.12. The molecule has 0 saturated heterocycles. The zero-order valence-corrected chi connectivity index (χ0v) is 14.6. The quantitative estimate of drug-likeness (QED) is 0.573. The van der Waals surface area contributed by atoms with Crippen LogP contribution in [0.3, 0.4) is 0 Å². The summed E-state index contributed by atoms with van der Waals surface area (Å²) in [5, 5.41) is 6.70. The van der Waals surface area contributed by atoms with Gasteiger partial charge in [0.05, 0.1) is 6.10 Å². The van der Waals surface area contributed by atoms with E-state index in [1.807, 2.05) is 6.92 Å². The van der Waals surface area contributed by atoms with Gasteiger partial charge in [0.1, 0.15) is 0 Å². The van der Waals surface area contributed by atoms with Crippen molar-refractivity contribution in [3.05, 3.63) is 35.4 Å². The Morgan fingerprint density at radius 2 is 2.05 bits per heavy atom. The van der Waals surface area contributed by atoms with E-state index in [2.05, 4.69) is 60.7 Å². The number of hydrogen-bond acceptors (Lipinski definition) is 2. The molecular weight excluding hydrogens is 274 g/mol. The number of ether oxygens (including phenoxy) is 1. The summed E-state index contributed by atoms with van der Waals surface area (Å²) in [7, 11) is 1.80. The fraction of sp³-hybridized carbons (Fsp3) is 0.611. The highest BCUT2D eigenvalue weighted by molar-refractivity contribution is 5.79. The molecule has 4 heteroatoms. The van der Waals surface area contributed by atoms with Crippen LogP contribution in [0.5, 0.6) is 0 Å². The molecule has 0 fully saturated rings. The molecule has 1 aromatic rings. The molecule has 0 amide bonds. The largest absolute Gasteiger partial charge is 0.378 e. The van der Waals surface area contributed by atoms with E-state index in [9.17, 15) is 0 Å². The number of rotatable bonds is 8. The first-order chi connectivity index (χ1) is 10.6. The molecule has 0 aliphatic heterocycles. The van der Waals surface area contributed by atoms with Crippen LogP contribution in [0.25, 0.3) is 0 Å². The van der Waals surface area contributed by atoms with Crippen molar-refractivity contribution in [2.75, 3.05) is 20.2 Å². The van der Waals surface area contributed by atoms with Gasteiger partial charge in [-0.1, -0.05) is 43.7 Å². The van der Waals surface area contributed by atoms with E-state index < -0.39 is 0 Å². The SMILES string of the molecule is CCOC(CCNC(=NC)NCc1cccc(C)c1)C(C)C. The lowest BCUT2D eigenvalue weighted by molar-refractivity contribution is 0.0258. The third-order valence-electron chi connectivity index (χ3n) is 3.61. The first-order valence-electron chi connectivity index (χ1n) is 8.18. The Morgan fingerprint density at radius 1 is 1.27 bits per heavy atom. The van der Waals surface area contributed by atoms with Crippen LogP contribution in [0.1, 0.15) is 38.3 Å². The van der Waals surface area contributed by atoms with Gasteiger partial charge in [0.15, 0.2) is 5.96 Å². The molecule has 0 heterocycles. The van der Waals surface area contributed by atoms with E-state index in [0.29, 0.717) is 12.0 Å². The number of aryl methyl sites for hydroxylation is 1. The molecule has 4 nitrogen and oxygen atoms in total. The first kappa shape index (κ1) is 18.5. The van der Waals surface area contributed by atoms with Crippen LogP contribution in [0.15, 0.2) is 29.3 Å². The van der Waals surface area contributed by atoms with Crippen molar-refractivity contribution >= 4 is 5.96 Å². The van der Waals surface area contributed by atoms with Gasteiger partial charge >= 0.3 is 0 Å². The zero-order valence-electron chi connectivity index (χ0n) is 14.6. The lowest BCUT2D eigenvalue weighted by Crippen LogP contribution is -2.38. The Labute approximate surface area is 135 Å². The third kappa shape index (κ3) is 6.94. The predicted octanol–water partition coefficient (Wildman–Crippen LogP) is 3.11. The highest BCUT2D eigenvalue weighted by Crippen LogP contribution is 2.09. The summed E-state index contributed by atoms with van der Waals surface area (Å²) >= 11 is 0. The summed E-state index contributed by atoms with van der Waals surface area (Å²) in [6, 6.07) is 8.50. The minimum Gasteiger partial charge on any atom is -0.378 e. The maximum Gasteiger partial charge on any atom is 0.191 e. The van der Waals surface area contributed by atoms with E-state index in [1.54, 1.807) is 7.05 Å². The summed E-state index contributed by atoms with van der Waals surface area (Å²) in [5.74, 6) is 1.37. The van der Waals surface area contributed by atoms with Crippen molar-refractivity contribution in [3.8, 4) is 0 Å². The Balaban J connectivity index is 2.36. The fourth-order valence-electron chi connectivity index (χ4n) is 2.38. The second kappa shape index (κ2) is 10.2. The first-order valence-corrected chi connectivity index (χ1v) is 8.18. The zero-order chi connectivity index (χ0) is 16.4. The standard InChI is InChI=1S/C18H31N3O/c1-6-22-17(14(2)3)10-11-20-18(19-5)21-13-16-9-7-8-15(4)12-16/h7-9,12,14,17H,6,10-11,13H2,1-5H3,(H2,19,20,21). The van der Waals surface area contributed by atoms with Crippen molar-refractivity contribution in [3.63, 3.8) is 0 Å². The molecule has 0 radical (unpaired) electrons. The summed E-state index contributed by atoms with van der Waals surface area (Å²) in [5.41, 5.74) is 2.54. The topological polar surface area (TPSA) is 45.6 Å². The molecule has 0 bridgehead atoms. The minimum atomic E-state index is 0.298. The Kier molecular flexibility index (Phi) is 8.60. The molecule has 0 aliphatic rings. The second-order valence-corrected chi connectivity index (χ2v) is 5.87. The van der Waals surface area contributed by atoms with E-state index in [-0.39, 0.29) is 0 Å². The number of nitrogens with one attached hydrogen (secondary N) is 2. The maximum absolute atomic E-state index is 5.76. The summed E-state index contributed by atoms with van der Waals surface area (Å²) in [6.45, 7) is 11.0. The van der Waals surface area contributed by atoms with E-state index in [0.717, 1.165) is 32.1 Å². The minimum absolute atomic E-state index is 0.298. The van der Waals surface area contributed by atoms with Crippen LogP contribution in [-0.4, -0.2) is 32.3 Å². The Bertz CT molecular complexity index is 457. The molecule has 1 rings (SSSR count). The van der Waals surface area contributed by atoms with Gasteiger partial charge < -0.3 is 15.4 Å². The lowest BCUT2D eigenvalue weighted by atomic mass is 10.0. The van der Waals surface area contributed by atoms with E-state index >= 15 is 0 Å². The molecule has 1 aromatic carbocycles. The van der Waals surface area contributed by atoms with Gasteiger partial charge in [0.2, 0.25) is 0 Å². The smallest absolute Gasteiger partial charge is 0.191 e. The van der Waals surface area contributed by atoms with Gasteiger partial charge in [-0.3, -0.25) is 4.99 Å². The summed E-state index contributed by atoms with van der Waals surface area (Å²) in [4.78, 5) is 4.27. The molecule has 0 spiro atoms. The van der Waals surface area contributed by atoms with Gasteiger partial charge in [-0.25, -0.2) is 0 Å². The fourth-order valence-corrected chi connectivity index (χ4v) is 2.38. The van der Waals surface area contributed by atoms with Crippen molar-refractivity contribution in [1.82, 2.24) is 10.6 Å². The van der Waals surface area contributed by atoms with Crippen LogP contribution in [0, 0.1) is 12.8 Å². The lowest BCUT2D eigenvalue weighted by Gasteiger charge is -2.21. The van der Waals surface area contributed by atoms with Crippen molar-refractivity contribution in [2.45, 2.75) is 46.8 Å². The normalized spacial score (nSPS) is 13.3. The molecule has 1 atom stereocenters. The van der Waals surface area contributed by atoms with Gasteiger partial charge in [-0.2, -0.15) is 0 Å². The number of guanidine groups is 1. The number of aliphatic imine (C=N–C) groups is 1. The second-order valence-electron chi connectivity index (χ2n) is 5.87. The van der Waals surface area contributed by atoms with Gasteiger partial charge in [-0.15, -0.1) is 0 Å². The van der Waals surface area contributed by atoms with Crippen LogP contribution < -0.4 is 10.6 Å². The van der Waals surface area contributed by atoms with E-state index in [1.165, 1.54) is 11.1 Å². The van der Waals surface area contributed by atoms with Crippen LogP contribution in [0.4, 0.5) is 0 Å². The van der Waals surface area contributed by atoms with Crippen molar-refractivity contribution < 1.29 is 4.74 Å². The predicted molar refractivity (Wildman–Crippen MR) is 94.2 cm³/mol.